The molecule has 0 saturated carbocycles. The lowest BCUT2D eigenvalue weighted by molar-refractivity contribution is 0.352. The van der Waals surface area contributed by atoms with Gasteiger partial charge in [0.2, 0.25) is 10.0 Å². The first kappa shape index (κ1) is 18.4. The minimum atomic E-state index is -3.55. The maximum absolute atomic E-state index is 12.4. The Morgan fingerprint density at radius 2 is 1.85 bits per heavy atom. The molecule has 0 radical (unpaired) electrons. The van der Waals surface area contributed by atoms with E-state index in [1.54, 1.807) is 12.1 Å². The highest BCUT2D eigenvalue weighted by molar-refractivity contribution is 9.11. The summed E-state index contributed by atoms with van der Waals surface area (Å²) in [5.41, 5.74) is 0.793. The Hall–Kier alpha value is 0.380. The zero-order valence-corrected chi connectivity index (χ0v) is 16.4. The predicted molar refractivity (Wildman–Crippen MR) is 90.9 cm³/mol. The normalized spacial score (nSPS) is 12.7. The van der Waals surface area contributed by atoms with Gasteiger partial charge in [-0.3, -0.25) is 0 Å². The number of sulfonamides is 1. The van der Waals surface area contributed by atoms with Crippen LogP contribution in [0.5, 0.6) is 0 Å². The fourth-order valence-electron chi connectivity index (χ4n) is 1.55. The topological polar surface area (TPSA) is 46.2 Å². The molecule has 0 spiro atoms. The Morgan fingerprint density at radius 3 is 2.40 bits per heavy atom. The van der Waals surface area contributed by atoms with Gasteiger partial charge in [0, 0.05) is 21.4 Å². The zero-order chi connectivity index (χ0) is 15.6. The fraction of sp³-hybridized carbons (Fsp3) is 0.538. The summed E-state index contributed by atoms with van der Waals surface area (Å²) in [6.07, 6.45) is 0.746. The summed E-state index contributed by atoms with van der Waals surface area (Å²) in [4.78, 5) is 0.233. The van der Waals surface area contributed by atoms with E-state index in [0.717, 1.165) is 16.5 Å². The Kier molecular flexibility index (Phi) is 6.54. The molecule has 0 saturated heterocycles. The monoisotopic (exact) mass is 445 g/mol. The quantitative estimate of drug-likeness (QED) is 0.655. The minimum Gasteiger partial charge on any atom is -0.211 e. The van der Waals surface area contributed by atoms with Gasteiger partial charge in [-0.25, -0.2) is 13.1 Å². The van der Waals surface area contributed by atoms with E-state index in [-0.39, 0.29) is 10.3 Å². The Bertz CT molecular complexity index is 588. The van der Waals surface area contributed by atoms with Gasteiger partial charge < -0.3 is 0 Å². The molecule has 0 atom stereocenters. The van der Waals surface area contributed by atoms with Crippen molar-refractivity contribution in [3.05, 3.63) is 26.6 Å². The van der Waals surface area contributed by atoms with E-state index in [1.807, 2.05) is 20.8 Å². The third-order valence-corrected chi connectivity index (χ3v) is 6.42. The zero-order valence-electron chi connectivity index (χ0n) is 11.6. The first-order valence-electron chi connectivity index (χ1n) is 6.10. The van der Waals surface area contributed by atoms with Gasteiger partial charge in [0.25, 0.3) is 0 Å². The molecule has 0 aliphatic carbocycles. The van der Waals surface area contributed by atoms with Gasteiger partial charge in [-0.15, -0.1) is 11.6 Å². The summed E-state index contributed by atoms with van der Waals surface area (Å²) in [6, 6.07) is 3.39. The SMILES string of the molecule is Cc1cc(Br)c(S(=O)(=O)NCC(C)(C)CCCl)cc1Br. The average Bonchev–Trinajstić information content (AvgIpc) is 2.31. The largest absolute Gasteiger partial charge is 0.241 e. The maximum Gasteiger partial charge on any atom is 0.241 e. The lowest BCUT2D eigenvalue weighted by atomic mass is 9.91. The average molecular weight is 448 g/mol. The van der Waals surface area contributed by atoms with E-state index in [4.69, 9.17) is 11.6 Å². The van der Waals surface area contributed by atoms with Crippen LogP contribution in [0, 0.1) is 12.3 Å². The van der Waals surface area contributed by atoms with Crippen molar-refractivity contribution in [3.8, 4) is 0 Å². The van der Waals surface area contributed by atoms with Crippen molar-refractivity contribution in [2.45, 2.75) is 32.1 Å². The van der Waals surface area contributed by atoms with Gasteiger partial charge in [0.1, 0.15) is 0 Å². The molecule has 0 aromatic heterocycles. The molecule has 0 heterocycles. The highest BCUT2D eigenvalue weighted by atomic mass is 79.9. The minimum absolute atomic E-state index is 0.177. The second-order valence-corrected chi connectivity index (χ2v) is 9.28. The predicted octanol–water partition coefficient (Wildman–Crippen LogP) is 4.45. The number of nitrogens with one attached hydrogen (secondary N) is 1. The van der Waals surface area contributed by atoms with Crippen LogP contribution < -0.4 is 4.72 Å². The van der Waals surface area contributed by atoms with Crippen LogP contribution in [0.25, 0.3) is 0 Å². The van der Waals surface area contributed by atoms with Crippen LogP contribution in [0.1, 0.15) is 25.8 Å². The molecule has 0 unspecified atom stereocenters. The number of aryl methyl sites for hydroxylation is 1. The molecule has 1 aromatic rings. The first-order chi connectivity index (χ1) is 9.09. The molecule has 0 bridgehead atoms. The van der Waals surface area contributed by atoms with Gasteiger partial charge in [0.15, 0.2) is 0 Å². The number of halogens is 3. The second kappa shape index (κ2) is 7.09. The Labute approximate surface area is 142 Å². The molecule has 20 heavy (non-hydrogen) atoms. The maximum atomic E-state index is 12.4. The molecule has 7 heteroatoms. The van der Waals surface area contributed by atoms with Gasteiger partial charge in [-0.2, -0.15) is 0 Å². The van der Waals surface area contributed by atoms with Crippen LogP contribution in [-0.2, 0) is 10.0 Å². The summed E-state index contributed by atoms with van der Waals surface area (Å²) < 4.78 is 28.7. The molecular formula is C13H18Br2ClNO2S. The van der Waals surface area contributed by atoms with E-state index < -0.39 is 10.0 Å². The molecule has 0 aliphatic heterocycles. The summed E-state index contributed by atoms with van der Waals surface area (Å²) in [5.74, 6) is 0.508. The second-order valence-electron chi connectivity index (χ2n) is 5.46. The van der Waals surface area contributed by atoms with Crippen LogP contribution in [0.2, 0.25) is 0 Å². The van der Waals surface area contributed by atoms with Crippen LogP contribution >= 0.6 is 43.5 Å². The van der Waals surface area contributed by atoms with E-state index in [1.165, 1.54) is 0 Å². The van der Waals surface area contributed by atoms with Crippen molar-refractivity contribution in [1.82, 2.24) is 4.72 Å². The van der Waals surface area contributed by atoms with Crippen molar-refractivity contribution in [1.29, 1.82) is 0 Å². The molecule has 3 nitrogen and oxygen atoms in total. The molecule has 0 fully saturated rings. The van der Waals surface area contributed by atoms with Crippen molar-refractivity contribution in [2.75, 3.05) is 12.4 Å². The van der Waals surface area contributed by atoms with Gasteiger partial charge in [-0.05, 0) is 52.4 Å². The molecule has 1 N–H and O–H groups in total. The van der Waals surface area contributed by atoms with Crippen molar-refractivity contribution in [3.63, 3.8) is 0 Å². The van der Waals surface area contributed by atoms with Crippen molar-refractivity contribution >= 4 is 53.5 Å². The highest BCUT2D eigenvalue weighted by Gasteiger charge is 2.24. The van der Waals surface area contributed by atoms with E-state index in [0.29, 0.717) is 16.9 Å². The first-order valence-corrected chi connectivity index (χ1v) is 9.71. The number of rotatable bonds is 6. The molecule has 1 rings (SSSR count). The lowest BCUT2D eigenvalue weighted by Crippen LogP contribution is -2.34. The molecule has 0 aliphatic rings. The number of hydrogen-bond donors (Lipinski definition) is 1. The van der Waals surface area contributed by atoms with Gasteiger partial charge in [0.05, 0.1) is 4.90 Å². The smallest absolute Gasteiger partial charge is 0.211 e. The summed E-state index contributed by atoms with van der Waals surface area (Å²) in [5, 5.41) is 0. The molecule has 114 valence electrons. The van der Waals surface area contributed by atoms with Crippen LogP contribution in [-0.4, -0.2) is 20.8 Å². The Morgan fingerprint density at radius 1 is 1.25 bits per heavy atom. The van der Waals surface area contributed by atoms with E-state index in [2.05, 4.69) is 36.6 Å². The van der Waals surface area contributed by atoms with E-state index >= 15 is 0 Å². The van der Waals surface area contributed by atoms with Crippen molar-refractivity contribution < 1.29 is 8.42 Å². The number of benzene rings is 1. The molecular weight excluding hydrogens is 429 g/mol. The lowest BCUT2D eigenvalue weighted by Gasteiger charge is -2.24. The third kappa shape index (κ3) is 4.98. The van der Waals surface area contributed by atoms with Crippen LogP contribution in [0.4, 0.5) is 0 Å². The van der Waals surface area contributed by atoms with Crippen molar-refractivity contribution in [2.24, 2.45) is 5.41 Å². The summed E-state index contributed by atoms with van der Waals surface area (Å²) in [7, 11) is -3.55. The Balaban J connectivity index is 2.98. The van der Waals surface area contributed by atoms with Crippen LogP contribution in [0.3, 0.4) is 0 Å². The fourth-order valence-corrected chi connectivity index (χ4v) is 4.97. The van der Waals surface area contributed by atoms with Crippen LogP contribution in [0.15, 0.2) is 26.0 Å². The highest BCUT2D eigenvalue weighted by Crippen LogP contribution is 2.29. The third-order valence-electron chi connectivity index (χ3n) is 3.01. The number of hydrogen-bond acceptors (Lipinski definition) is 2. The number of alkyl halides is 1. The van der Waals surface area contributed by atoms with E-state index in [9.17, 15) is 8.42 Å². The van der Waals surface area contributed by atoms with Gasteiger partial charge >= 0.3 is 0 Å². The molecule has 0 amide bonds. The molecule has 1 aromatic carbocycles. The van der Waals surface area contributed by atoms with Gasteiger partial charge in [-0.1, -0.05) is 29.8 Å². The standard InChI is InChI=1S/C13H18Br2ClNO2S/c1-9-6-11(15)12(7-10(9)14)20(18,19)17-8-13(2,3)4-5-16/h6-7,17H,4-5,8H2,1-3H3. The summed E-state index contributed by atoms with van der Waals surface area (Å²) >= 11 is 12.4. The summed E-state index contributed by atoms with van der Waals surface area (Å²) in [6.45, 7) is 6.22.